The van der Waals surface area contributed by atoms with E-state index in [1.165, 1.54) is 5.69 Å². The molecule has 1 aliphatic heterocycles. The fraction of sp³-hybridized carbons (Fsp3) is 0.250. The second kappa shape index (κ2) is 7.67. The third kappa shape index (κ3) is 3.76. The summed E-state index contributed by atoms with van der Waals surface area (Å²) in [4.78, 5) is 4.54. The number of hydrogen-bond acceptors (Lipinski definition) is 4. The van der Waals surface area contributed by atoms with E-state index in [0.29, 0.717) is 12.1 Å². The number of anilines is 1. The van der Waals surface area contributed by atoms with Gasteiger partial charge >= 0.3 is 0 Å². The fourth-order valence-corrected chi connectivity index (χ4v) is 2.99. The van der Waals surface area contributed by atoms with Gasteiger partial charge in [-0.25, -0.2) is 0 Å². The molecule has 0 atom stereocenters. The number of rotatable bonds is 4. The zero-order chi connectivity index (χ0) is 16.8. The molecule has 1 saturated heterocycles. The van der Waals surface area contributed by atoms with Crippen molar-refractivity contribution >= 4 is 11.3 Å². The van der Waals surface area contributed by atoms with Gasteiger partial charge in [-0.3, -0.25) is 4.90 Å². The van der Waals surface area contributed by atoms with Crippen LogP contribution in [0, 0.1) is 11.3 Å². The van der Waals surface area contributed by atoms with E-state index in [1.807, 2.05) is 36.4 Å². The van der Waals surface area contributed by atoms with E-state index < -0.39 is 0 Å². The molecular formula is C20H21N3O. The van der Waals surface area contributed by atoms with Gasteiger partial charge < -0.3 is 10.0 Å². The molecule has 0 spiro atoms. The molecule has 1 aliphatic rings. The lowest BCUT2D eigenvalue weighted by Gasteiger charge is -2.36. The standard InChI is InChI=1S/C20H21N3O/c21-15-19(17-7-3-1-4-8-17)20(24)16-22-11-13-23(14-12-22)18-9-5-2-6-10-18/h1-10,24H,11-14,16H2. The molecule has 1 N–H and O–H groups in total. The number of para-hydroxylation sites is 1. The Bertz CT molecular complexity index is 726. The maximum Gasteiger partial charge on any atom is 0.125 e. The highest BCUT2D eigenvalue weighted by atomic mass is 16.3. The molecule has 0 aromatic heterocycles. The van der Waals surface area contributed by atoms with Crippen molar-refractivity contribution in [3.05, 3.63) is 72.0 Å². The second-order valence-corrected chi connectivity index (χ2v) is 5.90. The summed E-state index contributed by atoms with van der Waals surface area (Å²) in [5.74, 6) is 0.150. The van der Waals surface area contributed by atoms with Crippen molar-refractivity contribution < 1.29 is 5.11 Å². The zero-order valence-corrected chi connectivity index (χ0v) is 13.6. The monoisotopic (exact) mass is 319 g/mol. The molecule has 122 valence electrons. The minimum Gasteiger partial charge on any atom is -0.510 e. The first-order valence-corrected chi connectivity index (χ1v) is 8.18. The Balaban J connectivity index is 1.63. The van der Waals surface area contributed by atoms with Crippen LogP contribution in [0.1, 0.15) is 5.56 Å². The lowest BCUT2D eigenvalue weighted by molar-refractivity contribution is 0.239. The summed E-state index contributed by atoms with van der Waals surface area (Å²) in [5, 5.41) is 19.8. The van der Waals surface area contributed by atoms with Gasteiger partial charge in [0, 0.05) is 31.9 Å². The summed E-state index contributed by atoms with van der Waals surface area (Å²) in [6.07, 6.45) is 0. The summed E-state index contributed by atoms with van der Waals surface area (Å²) >= 11 is 0. The van der Waals surface area contributed by atoms with Crippen LogP contribution < -0.4 is 4.90 Å². The van der Waals surface area contributed by atoms with E-state index in [1.54, 1.807) is 0 Å². The van der Waals surface area contributed by atoms with Crippen LogP contribution >= 0.6 is 0 Å². The van der Waals surface area contributed by atoms with Gasteiger partial charge in [0.05, 0.1) is 12.1 Å². The molecule has 0 unspecified atom stereocenters. The first kappa shape index (κ1) is 16.1. The average molecular weight is 319 g/mol. The highest BCUT2D eigenvalue weighted by molar-refractivity contribution is 5.78. The van der Waals surface area contributed by atoms with Crippen LogP contribution in [0.4, 0.5) is 5.69 Å². The van der Waals surface area contributed by atoms with Crippen molar-refractivity contribution in [1.82, 2.24) is 4.90 Å². The number of benzene rings is 2. The normalized spacial score (nSPS) is 16.4. The molecule has 0 aliphatic carbocycles. The molecule has 4 heteroatoms. The Labute approximate surface area is 142 Å². The van der Waals surface area contributed by atoms with Gasteiger partial charge in [0.2, 0.25) is 0 Å². The highest BCUT2D eigenvalue weighted by Gasteiger charge is 2.19. The van der Waals surface area contributed by atoms with Crippen molar-refractivity contribution in [2.75, 3.05) is 37.6 Å². The lowest BCUT2D eigenvalue weighted by Crippen LogP contribution is -2.47. The summed E-state index contributed by atoms with van der Waals surface area (Å²) < 4.78 is 0. The van der Waals surface area contributed by atoms with Gasteiger partial charge in [0.1, 0.15) is 11.8 Å². The molecule has 4 nitrogen and oxygen atoms in total. The fourth-order valence-electron chi connectivity index (χ4n) is 2.99. The topological polar surface area (TPSA) is 50.5 Å². The summed E-state index contributed by atoms with van der Waals surface area (Å²) in [6, 6.07) is 21.8. The number of aliphatic hydroxyl groups excluding tert-OH is 1. The quantitative estimate of drug-likeness (QED) is 0.694. The van der Waals surface area contributed by atoms with Crippen LogP contribution in [0.15, 0.2) is 66.4 Å². The van der Waals surface area contributed by atoms with E-state index in [0.717, 1.165) is 31.7 Å². The molecule has 0 saturated carbocycles. The first-order chi connectivity index (χ1) is 11.8. The van der Waals surface area contributed by atoms with Crippen LogP contribution in [0.2, 0.25) is 0 Å². The smallest absolute Gasteiger partial charge is 0.125 e. The third-order valence-electron chi connectivity index (χ3n) is 4.33. The van der Waals surface area contributed by atoms with Gasteiger partial charge in [-0.05, 0) is 17.7 Å². The minimum atomic E-state index is 0.150. The summed E-state index contributed by atoms with van der Waals surface area (Å²) in [7, 11) is 0. The van der Waals surface area contributed by atoms with E-state index in [9.17, 15) is 10.4 Å². The lowest BCUT2D eigenvalue weighted by atomic mass is 10.1. The van der Waals surface area contributed by atoms with Crippen molar-refractivity contribution in [2.45, 2.75) is 0 Å². The Morgan fingerprint density at radius 2 is 1.50 bits per heavy atom. The van der Waals surface area contributed by atoms with Gasteiger partial charge in [-0.2, -0.15) is 5.26 Å². The molecule has 3 rings (SSSR count). The highest BCUT2D eigenvalue weighted by Crippen LogP contribution is 2.19. The number of allylic oxidation sites excluding steroid dienone is 1. The van der Waals surface area contributed by atoms with E-state index in [2.05, 4.69) is 40.1 Å². The SMILES string of the molecule is N#CC(=C(O)CN1CCN(c2ccccc2)CC1)c1ccccc1. The largest absolute Gasteiger partial charge is 0.510 e. The third-order valence-corrected chi connectivity index (χ3v) is 4.33. The van der Waals surface area contributed by atoms with Crippen LogP contribution in [-0.4, -0.2) is 42.7 Å². The molecule has 2 aromatic rings. The number of nitriles is 1. The van der Waals surface area contributed by atoms with Crippen LogP contribution in [-0.2, 0) is 0 Å². The second-order valence-electron chi connectivity index (χ2n) is 5.90. The van der Waals surface area contributed by atoms with Crippen molar-refractivity contribution in [3.8, 4) is 6.07 Å². The predicted octanol–water partition coefficient (Wildman–Crippen LogP) is 3.30. The predicted molar refractivity (Wildman–Crippen MR) is 96.7 cm³/mol. The molecule has 1 heterocycles. The van der Waals surface area contributed by atoms with Crippen molar-refractivity contribution in [2.24, 2.45) is 0 Å². The summed E-state index contributed by atoms with van der Waals surface area (Å²) in [5.41, 5.74) is 2.36. The van der Waals surface area contributed by atoms with Gasteiger partial charge in [0.15, 0.2) is 0 Å². The number of hydrogen-bond donors (Lipinski definition) is 1. The van der Waals surface area contributed by atoms with E-state index in [-0.39, 0.29) is 5.76 Å². The van der Waals surface area contributed by atoms with Crippen LogP contribution in [0.5, 0.6) is 0 Å². The van der Waals surface area contributed by atoms with E-state index in [4.69, 9.17) is 0 Å². The first-order valence-electron chi connectivity index (χ1n) is 8.18. The zero-order valence-electron chi connectivity index (χ0n) is 13.6. The minimum absolute atomic E-state index is 0.150. The summed E-state index contributed by atoms with van der Waals surface area (Å²) in [6.45, 7) is 3.99. The maximum absolute atomic E-state index is 10.4. The molecule has 0 amide bonds. The van der Waals surface area contributed by atoms with E-state index >= 15 is 0 Å². The number of aliphatic hydroxyl groups is 1. The Morgan fingerprint density at radius 3 is 2.08 bits per heavy atom. The Kier molecular flexibility index (Phi) is 5.15. The molecular weight excluding hydrogens is 298 g/mol. The van der Waals surface area contributed by atoms with Crippen LogP contribution in [0.25, 0.3) is 5.57 Å². The molecule has 2 aromatic carbocycles. The Hall–Kier alpha value is -2.77. The molecule has 0 bridgehead atoms. The van der Waals surface area contributed by atoms with Gasteiger partial charge in [-0.15, -0.1) is 0 Å². The van der Waals surface area contributed by atoms with Gasteiger partial charge in [0.25, 0.3) is 0 Å². The van der Waals surface area contributed by atoms with Crippen molar-refractivity contribution in [3.63, 3.8) is 0 Å². The van der Waals surface area contributed by atoms with Crippen molar-refractivity contribution in [1.29, 1.82) is 5.26 Å². The number of piperazine rings is 1. The number of nitrogens with zero attached hydrogens (tertiary/aromatic N) is 3. The molecule has 0 radical (unpaired) electrons. The Morgan fingerprint density at radius 1 is 0.917 bits per heavy atom. The molecule has 1 fully saturated rings. The maximum atomic E-state index is 10.4. The average Bonchev–Trinajstić information content (AvgIpc) is 2.64. The van der Waals surface area contributed by atoms with Gasteiger partial charge in [-0.1, -0.05) is 48.5 Å². The van der Waals surface area contributed by atoms with Crippen LogP contribution in [0.3, 0.4) is 0 Å². The molecule has 24 heavy (non-hydrogen) atoms.